The van der Waals surface area contributed by atoms with Crippen molar-refractivity contribution in [2.75, 3.05) is 13.2 Å². The van der Waals surface area contributed by atoms with Crippen LogP contribution in [0.1, 0.15) is 78.1 Å². The van der Waals surface area contributed by atoms with Gasteiger partial charge in [-0.3, -0.25) is 0 Å². The quantitative estimate of drug-likeness (QED) is 0.334. The second kappa shape index (κ2) is 14.0. The van der Waals surface area contributed by atoms with Gasteiger partial charge in [0.25, 0.3) is 0 Å². The van der Waals surface area contributed by atoms with Crippen LogP contribution in [0.4, 0.5) is 0 Å². The third-order valence-electron chi connectivity index (χ3n) is 4.12. The molecule has 0 aromatic heterocycles. The van der Waals surface area contributed by atoms with Gasteiger partial charge >= 0.3 is 0 Å². The number of unbranched alkanes of at least 4 members (excludes halogenated alkanes) is 2. The normalized spacial score (nSPS) is 22.8. The van der Waals surface area contributed by atoms with Crippen molar-refractivity contribution in [1.82, 2.24) is 0 Å². The molecular weight excluding hydrogens is 272 g/mol. The summed E-state index contributed by atoms with van der Waals surface area (Å²) in [5.74, 6) is 0. The summed E-state index contributed by atoms with van der Waals surface area (Å²) in [6.45, 7) is 6.09. The Kier molecular flexibility index (Phi) is 12.4. The number of allylic oxidation sites excluding steroid dienone is 2. The Morgan fingerprint density at radius 1 is 0.682 bits per heavy atom. The summed E-state index contributed by atoms with van der Waals surface area (Å²) in [4.78, 5) is 0. The molecule has 0 aromatic carbocycles. The van der Waals surface area contributed by atoms with E-state index >= 15 is 0 Å². The predicted octanol–water partition coefficient (Wildman–Crippen LogP) is 5.82. The highest BCUT2D eigenvalue weighted by molar-refractivity contribution is 4.83. The molecule has 2 unspecified atom stereocenters. The van der Waals surface area contributed by atoms with Crippen LogP contribution in [0.3, 0.4) is 0 Å². The van der Waals surface area contributed by atoms with Crippen LogP contribution in [0.15, 0.2) is 24.3 Å². The first-order valence-electron chi connectivity index (χ1n) is 9.41. The lowest BCUT2D eigenvalue weighted by Gasteiger charge is -2.31. The van der Waals surface area contributed by atoms with Gasteiger partial charge in [-0.1, -0.05) is 63.8 Å². The van der Waals surface area contributed by atoms with E-state index in [1.54, 1.807) is 0 Å². The van der Waals surface area contributed by atoms with E-state index in [2.05, 4.69) is 38.2 Å². The molecule has 0 heterocycles. The lowest BCUT2D eigenvalue weighted by molar-refractivity contribution is -0.0902. The Morgan fingerprint density at radius 3 is 1.50 bits per heavy atom. The first kappa shape index (κ1) is 19.4. The van der Waals surface area contributed by atoms with Crippen LogP contribution < -0.4 is 0 Å². The molecule has 0 bridgehead atoms. The van der Waals surface area contributed by atoms with Crippen LogP contribution in [-0.2, 0) is 9.47 Å². The smallest absolute Gasteiger partial charge is 0.0836 e. The van der Waals surface area contributed by atoms with Gasteiger partial charge in [0.05, 0.1) is 25.4 Å². The Bertz CT molecular complexity index is 266. The molecule has 1 fully saturated rings. The van der Waals surface area contributed by atoms with E-state index in [1.165, 1.54) is 38.5 Å². The van der Waals surface area contributed by atoms with Gasteiger partial charge in [-0.25, -0.2) is 0 Å². The highest BCUT2D eigenvalue weighted by Gasteiger charge is 2.25. The maximum atomic E-state index is 6.08. The molecule has 1 saturated carbocycles. The van der Waals surface area contributed by atoms with Crippen molar-refractivity contribution in [2.45, 2.75) is 90.3 Å². The van der Waals surface area contributed by atoms with Crippen LogP contribution in [-0.4, -0.2) is 25.4 Å². The molecule has 1 aliphatic carbocycles. The van der Waals surface area contributed by atoms with Crippen LogP contribution in [0.25, 0.3) is 0 Å². The lowest BCUT2D eigenvalue weighted by atomic mass is 9.94. The zero-order valence-corrected chi connectivity index (χ0v) is 14.8. The molecule has 0 saturated heterocycles. The minimum atomic E-state index is 0.313. The van der Waals surface area contributed by atoms with E-state index in [4.69, 9.17) is 9.47 Å². The van der Waals surface area contributed by atoms with E-state index < -0.39 is 0 Å². The largest absolute Gasteiger partial charge is 0.375 e. The number of hydrogen-bond acceptors (Lipinski definition) is 2. The van der Waals surface area contributed by atoms with Gasteiger partial charge in [0.1, 0.15) is 0 Å². The first-order valence-corrected chi connectivity index (χ1v) is 9.41. The standard InChI is InChI=1S/C20H36O2/c1-3-5-7-9-13-17-21-19-15-11-12-16-20(19)22-18-14-10-8-6-4-2/h7-10,19-20H,3-6,11-18H2,1-2H3. The summed E-state index contributed by atoms with van der Waals surface area (Å²) in [5.41, 5.74) is 0. The minimum Gasteiger partial charge on any atom is -0.375 e. The van der Waals surface area contributed by atoms with E-state index in [-0.39, 0.29) is 0 Å². The molecule has 2 heteroatoms. The molecule has 2 atom stereocenters. The minimum absolute atomic E-state index is 0.313. The van der Waals surface area contributed by atoms with Crippen molar-refractivity contribution in [3.63, 3.8) is 0 Å². The summed E-state index contributed by atoms with van der Waals surface area (Å²) >= 11 is 0. The molecule has 0 spiro atoms. The highest BCUT2D eigenvalue weighted by atomic mass is 16.5. The van der Waals surface area contributed by atoms with Crippen LogP contribution >= 0.6 is 0 Å². The molecule has 128 valence electrons. The van der Waals surface area contributed by atoms with Crippen LogP contribution in [0.2, 0.25) is 0 Å². The summed E-state index contributed by atoms with van der Waals surface area (Å²) in [6, 6.07) is 0. The summed E-state index contributed by atoms with van der Waals surface area (Å²) in [5, 5.41) is 0. The molecule has 0 amide bonds. The first-order chi connectivity index (χ1) is 10.9. The Hall–Kier alpha value is -0.600. The molecule has 0 aromatic rings. The number of hydrogen-bond donors (Lipinski definition) is 0. The monoisotopic (exact) mass is 308 g/mol. The van der Waals surface area contributed by atoms with Crippen molar-refractivity contribution in [3.8, 4) is 0 Å². The van der Waals surface area contributed by atoms with Gasteiger partial charge in [0.2, 0.25) is 0 Å². The number of rotatable bonds is 12. The molecule has 2 nitrogen and oxygen atoms in total. The van der Waals surface area contributed by atoms with Crippen molar-refractivity contribution in [2.24, 2.45) is 0 Å². The van der Waals surface area contributed by atoms with E-state index in [9.17, 15) is 0 Å². The molecule has 0 radical (unpaired) electrons. The fraction of sp³-hybridized carbons (Fsp3) is 0.800. The Balaban J connectivity index is 2.16. The third kappa shape index (κ3) is 9.42. The topological polar surface area (TPSA) is 18.5 Å². The van der Waals surface area contributed by atoms with Crippen LogP contribution in [0.5, 0.6) is 0 Å². The average Bonchev–Trinajstić information content (AvgIpc) is 2.55. The van der Waals surface area contributed by atoms with E-state index in [0.29, 0.717) is 12.2 Å². The van der Waals surface area contributed by atoms with E-state index in [1.807, 2.05) is 0 Å². The van der Waals surface area contributed by atoms with Crippen molar-refractivity contribution >= 4 is 0 Å². The van der Waals surface area contributed by atoms with Crippen molar-refractivity contribution in [1.29, 1.82) is 0 Å². The zero-order valence-electron chi connectivity index (χ0n) is 14.8. The van der Waals surface area contributed by atoms with Gasteiger partial charge in [-0.15, -0.1) is 0 Å². The maximum absolute atomic E-state index is 6.08. The van der Waals surface area contributed by atoms with Crippen molar-refractivity contribution < 1.29 is 9.47 Å². The van der Waals surface area contributed by atoms with E-state index in [0.717, 1.165) is 38.9 Å². The molecule has 0 N–H and O–H groups in total. The second-order valence-corrected chi connectivity index (χ2v) is 6.20. The predicted molar refractivity (Wildman–Crippen MR) is 95.3 cm³/mol. The third-order valence-corrected chi connectivity index (χ3v) is 4.12. The lowest BCUT2D eigenvalue weighted by Crippen LogP contribution is -2.35. The van der Waals surface area contributed by atoms with Gasteiger partial charge in [0.15, 0.2) is 0 Å². The Labute approximate surface area is 138 Å². The summed E-state index contributed by atoms with van der Waals surface area (Å²) in [7, 11) is 0. The summed E-state index contributed by atoms with van der Waals surface area (Å²) in [6.07, 6.45) is 21.4. The van der Waals surface area contributed by atoms with Gasteiger partial charge < -0.3 is 9.47 Å². The average molecular weight is 309 g/mol. The van der Waals surface area contributed by atoms with Gasteiger partial charge in [-0.05, 0) is 38.5 Å². The molecular formula is C20H36O2. The van der Waals surface area contributed by atoms with Crippen molar-refractivity contribution in [3.05, 3.63) is 24.3 Å². The Morgan fingerprint density at radius 2 is 1.09 bits per heavy atom. The molecule has 1 aliphatic rings. The molecule has 1 rings (SSSR count). The second-order valence-electron chi connectivity index (χ2n) is 6.20. The zero-order chi connectivity index (χ0) is 15.9. The fourth-order valence-corrected chi connectivity index (χ4v) is 2.82. The van der Waals surface area contributed by atoms with Gasteiger partial charge in [-0.2, -0.15) is 0 Å². The highest BCUT2D eigenvalue weighted by Crippen LogP contribution is 2.24. The molecule has 22 heavy (non-hydrogen) atoms. The number of ether oxygens (including phenoxy) is 2. The SMILES string of the molecule is CCCC=CCCOC1CCCCC1OCCC=CCCC. The maximum Gasteiger partial charge on any atom is 0.0836 e. The van der Waals surface area contributed by atoms with Gasteiger partial charge in [0, 0.05) is 0 Å². The van der Waals surface area contributed by atoms with Crippen LogP contribution in [0, 0.1) is 0 Å². The summed E-state index contributed by atoms with van der Waals surface area (Å²) < 4.78 is 12.2. The molecule has 0 aliphatic heterocycles. The fourth-order valence-electron chi connectivity index (χ4n) is 2.82.